The SMILES string of the molecule is COc1ccccc1NC(=O)C1=C(C)OC(N)=C(C#N)C1c1cc2cc(C)cc(C)c2[nH]c1=O. The molecule has 0 aliphatic carbocycles. The Morgan fingerprint density at radius 1 is 1.21 bits per heavy atom. The highest BCUT2D eigenvalue weighted by Crippen LogP contribution is 2.39. The second-order valence-electron chi connectivity index (χ2n) is 8.15. The van der Waals surface area contributed by atoms with E-state index in [1.807, 2.05) is 32.0 Å². The third-order valence-electron chi connectivity index (χ3n) is 5.84. The summed E-state index contributed by atoms with van der Waals surface area (Å²) in [6.07, 6.45) is 0. The van der Waals surface area contributed by atoms with Gasteiger partial charge in [0.05, 0.1) is 29.8 Å². The molecule has 34 heavy (non-hydrogen) atoms. The lowest BCUT2D eigenvalue weighted by molar-refractivity contribution is -0.113. The van der Waals surface area contributed by atoms with E-state index in [1.165, 1.54) is 7.11 Å². The van der Waals surface area contributed by atoms with Crippen molar-refractivity contribution in [3.05, 3.63) is 92.3 Å². The maximum absolute atomic E-state index is 13.5. The summed E-state index contributed by atoms with van der Waals surface area (Å²) in [5.41, 5.74) is 9.01. The van der Waals surface area contributed by atoms with Crippen molar-refractivity contribution in [2.24, 2.45) is 5.73 Å². The van der Waals surface area contributed by atoms with Crippen LogP contribution in [0.4, 0.5) is 5.69 Å². The van der Waals surface area contributed by atoms with Crippen LogP contribution in [0.3, 0.4) is 0 Å². The van der Waals surface area contributed by atoms with E-state index in [4.69, 9.17) is 15.2 Å². The second-order valence-corrected chi connectivity index (χ2v) is 8.15. The number of amides is 1. The smallest absolute Gasteiger partial charge is 0.256 e. The molecule has 1 atom stereocenters. The first-order valence-corrected chi connectivity index (χ1v) is 10.6. The molecule has 1 amide bonds. The van der Waals surface area contributed by atoms with Gasteiger partial charge in [-0.05, 0) is 56.0 Å². The molecule has 1 unspecified atom stereocenters. The maximum Gasteiger partial charge on any atom is 0.256 e. The summed E-state index contributed by atoms with van der Waals surface area (Å²) in [6, 6.07) is 14.6. The molecule has 0 saturated carbocycles. The van der Waals surface area contributed by atoms with Crippen LogP contribution in [-0.4, -0.2) is 18.0 Å². The van der Waals surface area contributed by atoms with Gasteiger partial charge in [0.25, 0.3) is 11.5 Å². The van der Waals surface area contributed by atoms with Crippen LogP contribution in [-0.2, 0) is 9.53 Å². The summed E-state index contributed by atoms with van der Waals surface area (Å²) in [6.45, 7) is 5.45. The summed E-state index contributed by atoms with van der Waals surface area (Å²) in [7, 11) is 1.50. The van der Waals surface area contributed by atoms with E-state index in [2.05, 4.69) is 10.3 Å². The molecule has 4 rings (SSSR count). The number of nitrogens with two attached hydrogens (primary N) is 1. The van der Waals surface area contributed by atoms with Crippen LogP contribution in [0.25, 0.3) is 10.9 Å². The van der Waals surface area contributed by atoms with Crippen molar-refractivity contribution < 1.29 is 14.3 Å². The number of benzene rings is 2. The van der Waals surface area contributed by atoms with Crippen LogP contribution in [0.2, 0.25) is 0 Å². The second kappa shape index (κ2) is 8.79. The standard InChI is InChI=1S/C26H24N4O4/c1-13-9-14(2)23-16(10-13)11-17(25(31)30-23)22-18(12-27)24(28)34-15(3)21(22)26(32)29-19-7-5-6-8-20(19)33-4/h5-11,22H,28H2,1-4H3,(H,29,32)(H,30,31). The molecule has 2 aromatic carbocycles. The minimum atomic E-state index is -1.01. The number of methoxy groups -OCH3 is 1. The molecule has 1 aliphatic rings. The number of para-hydroxylation sites is 2. The van der Waals surface area contributed by atoms with E-state index in [0.29, 0.717) is 17.0 Å². The predicted molar refractivity (Wildman–Crippen MR) is 129 cm³/mol. The van der Waals surface area contributed by atoms with Crippen LogP contribution < -0.4 is 21.3 Å². The number of carbonyl (C=O) groups excluding carboxylic acids is 1. The third-order valence-corrected chi connectivity index (χ3v) is 5.84. The van der Waals surface area contributed by atoms with Crippen molar-refractivity contribution in [1.82, 2.24) is 4.98 Å². The molecular formula is C26H24N4O4. The van der Waals surface area contributed by atoms with Gasteiger partial charge >= 0.3 is 0 Å². The third kappa shape index (κ3) is 3.88. The van der Waals surface area contributed by atoms with Gasteiger partial charge in [-0.25, -0.2) is 0 Å². The molecule has 1 aromatic heterocycles. The van der Waals surface area contributed by atoms with Crippen molar-refractivity contribution in [2.75, 3.05) is 12.4 Å². The Bertz CT molecular complexity index is 1490. The van der Waals surface area contributed by atoms with Crippen molar-refractivity contribution in [3.8, 4) is 11.8 Å². The van der Waals surface area contributed by atoms with Gasteiger partial charge in [0.1, 0.15) is 23.2 Å². The largest absolute Gasteiger partial charge is 0.495 e. The lowest BCUT2D eigenvalue weighted by atomic mass is 9.82. The minimum absolute atomic E-state index is 0.00926. The topological polar surface area (TPSA) is 130 Å². The summed E-state index contributed by atoms with van der Waals surface area (Å²) < 4.78 is 10.9. The number of allylic oxidation sites excluding steroid dienone is 2. The van der Waals surface area contributed by atoms with Gasteiger partial charge in [0, 0.05) is 5.56 Å². The number of pyridine rings is 1. The van der Waals surface area contributed by atoms with E-state index >= 15 is 0 Å². The zero-order valence-electron chi connectivity index (χ0n) is 19.3. The summed E-state index contributed by atoms with van der Waals surface area (Å²) in [4.78, 5) is 29.6. The molecule has 0 bridgehead atoms. The molecule has 2 heterocycles. The van der Waals surface area contributed by atoms with Gasteiger partial charge in [-0.3, -0.25) is 9.59 Å². The Morgan fingerprint density at radius 3 is 2.65 bits per heavy atom. The van der Waals surface area contributed by atoms with Gasteiger partial charge in [-0.2, -0.15) is 5.26 Å². The number of H-pyrrole nitrogens is 1. The molecule has 4 N–H and O–H groups in total. The first-order chi connectivity index (χ1) is 16.2. The van der Waals surface area contributed by atoms with E-state index in [1.54, 1.807) is 37.3 Å². The number of nitriles is 1. The molecule has 172 valence electrons. The number of nitrogens with one attached hydrogen (secondary N) is 2. The fourth-order valence-corrected chi connectivity index (χ4v) is 4.34. The average Bonchev–Trinajstić information content (AvgIpc) is 2.79. The number of rotatable bonds is 4. The molecular weight excluding hydrogens is 432 g/mol. The highest BCUT2D eigenvalue weighted by atomic mass is 16.5. The zero-order valence-corrected chi connectivity index (χ0v) is 19.3. The molecule has 3 aromatic rings. The number of aromatic nitrogens is 1. The first kappa shape index (κ1) is 22.7. The van der Waals surface area contributed by atoms with Crippen LogP contribution in [0.15, 0.2) is 70.0 Å². The molecule has 0 saturated heterocycles. The average molecular weight is 457 g/mol. The van der Waals surface area contributed by atoms with Crippen molar-refractivity contribution >= 4 is 22.5 Å². The molecule has 1 aliphatic heterocycles. The number of nitrogens with zero attached hydrogens (tertiary/aromatic N) is 1. The Hall–Kier alpha value is -4.51. The van der Waals surface area contributed by atoms with Crippen LogP contribution >= 0.6 is 0 Å². The lowest BCUT2D eigenvalue weighted by Gasteiger charge is -2.27. The van der Waals surface area contributed by atoms with E-state index in [9.17, 15) is 14.9 Å². The maximum atomic E-state index is 13.5. The number of aryl methyl sites for hydroxylation is 2. The minimum Gasteiger partial charge on any atom is -0.495 e. The molecule has 0 fully saturated rings. The number of fused-ring (bicyclic) bond motifs is 1. The highest BCUT2D eigenvalue weighted by Gasteiger charge is 2.37. The van der Waals surface area contributed by atoms with E-state index in [-0.39, 0.29) is 28.4 Å². The summed E-state index contributed by atoms with van der Waals surface area (Å²) >= 11 is 0. The Morgan fingerprint density at radius 2 is 1.94 bits per heavy atom. The number of anilines is 1. The normalized spacial score (nSPS) is 15.7. The van der Waals surface area contributed by atoms with Gasteiger partial charge in [0.15, 0.2) is 0 Å². The van der Waals surface area contributed by atoms with Crippen molar-refractivity contribution in [1.29, 1.82) is 5.26 Å². The van der Waals surface area contributed by atoms with Crippen LogP contribution in [0.1, 0.15) is 29.5 Å². The van der Waals surface area contributed by atoms with Crippen molar-refractivity contribution in [2.45, 2.75) is 26.7 Å². The molecule has 0 radical (unpaired) electrons. The number of aromatic amines is 1. The van der Waals surface area contributed by atoms with Crippen molar-refractivity contribution in [3.63, 3.8) is 0 Å². The molecule has 0 spiro atoms. The van der Waals surface area contributed by atoms with Crippen LogP contribution in [0.5, 0.6) is 5.75 Å². The fraction of sp³-hybridized carbons (Fsp3) is 0.192. The number of carbonyl (C=O) groups is 1. The highest BCUT2D eigenvalue weighted by molar-refractivity contribution is 6.06. The Labute approximate surface area is 196 Å². The number of hydrogen-bond acceptors (Lipinski definition) is 6. The van der Waals surface area contributed by atoms with Gasteiger partial charge in [-0.15, -0.1) is 0 Å². The predicted octanol–water partition coefficient (Wildman–Crippen LogP) is 3.87. The summed E-state index contributed by atoms with van der Waals surface area (Å²) in [5, 5.41) is 13.5. The summed E-state index contributed by atoms with van der Waals surface area (Å²) in [5.74, 6) is -1.02. The lowest BCUT2D eigenvalue weighted by Crippen LogP contribution is -2.31. The first-order valence-electron chi connectivity index (χ1n) is 10.6. The fourth-order valence-electron chi connectivity index (χ4n) is 4.34. The zero-order chi connectivity index (χ0) is 24.6. The Kier molecular flexibility index (Phi) is 5.86. The number of ether oxygens (including phenoxy) is 2. The van der Waals surface area contributed by atoms with Crippen LogP contribution in [0, 0.1) is 25.2 Å². The van der Waals surface area contributed by atoms with E-state index < -0.39 is 17.4 Å². The Balaban J connectivity index is 1.89. The molecule has 8 heteroatoms. The van der Waals surface area contributed by atoms with Gasteiger partial charge in [0.2, 0.25) is 5.88 Å². The quantitative estimate of drug-likeness (QED) is 0.546. The van der Waals surface area contributed by atoms with Gasteiger partial charge < -0.3 is 25.5 Å². The molecule has 8 nitrogen and oxygen atoms in total. The van der Waals surface area contributed by atoms with Gasteiger partial charge in [-0.1, -0.05) is 23.8 Å². The monoisotopic (exact) mass is 456 g/mol. The number of hydrogen-bond donors (Lipinski definition) is 3. The van der Waals surface area contributed by atoms with E-state index in [0.717, 1.165) is 16.5 Å².